The van der Waals surface area contributed by atoms with Crippen molar-refractivity contribution in [1.82, 2.24) is 24.5 Å². The number of benzene rings is 1. The molecule has 4 aromatic rings. The third kappa shape index (κ3) is 3.32. The molecule has 0 spiro atoms. The zero-order valence-electron chi connectivity index (χ0n) is 16.1. The molecule has 0 aliphatic rings. The van der Waals surface area contributed by atoms with Crippen molar-refractivity contribution in [1.29, 1.82) is 10.8 Å². The first-order valence-corrected chi connectivity index (χ1v) is 8.85. The predicted molar refractivity (Wildman–Crippen MR) is 106 cm³/mol. The highest BCUT2D eigenvalue weighted by Gasteiger charge is 2.39. The summed E-state index contributed by atoms with van der Waals surface area (Å²) in [6.45, 7) is 0. The number of nitrogens with zero attached hydrogens (tertiary/aromatic N) is 5. The Kier molecular flexibility index (Phi) is 4.61. The van der Waals surface area contributed by atoms with Crippen LogP contribution in [0.2, 0.25) is 0 Å². The number of rotatable bonds is 4. The molecule has 0 amide bonds. The highest BCUT2D eigenvalue weighted by atomic mass is 19.3. The molecule has 30 heavy (non-hydrogen) atoms. The molecule has 4 rings (SSSR count). The second-order valence-electron chi connectivity index (χ2n) is 6.62. The number of nitrogens with one attached hydrogen (secondary N) is 2. The molecule has 152 valence electrons. The first-order chi connectivity index (χ1) is 14.3. The molecule has 3 aromatic heterocycles. The van der Waals surface area contributed by atoms with Crippen molar-refractivity contribution in [2.75, 3.05) is 7.11 Å². The van der Waals surface area contributed by atoms with Crippen molar-refractivity contribution in [2.24, 2.45) is 7.05 Å². The third-order valence-electron chi connectivity index (χ3n) is 4.60. The number of fused-ring (bicyclic) bond motifs is 1. The molecule has 2 N–H and O–H groups in total. The molecule has 0 atom stereocenters. The number of hydrogen-bond donors (Lipinski definition) is 2. The molecular formula is C20H17F2N7O. The molecule has 0 bridgehead atoms. The van der Waals surface area contributed by atoms with Crippen molar-refractivity contribution < 1.29 is 13.5 Å². The van der Waals surface area contributed by atoms with Crippen LogP contribution in [0.15, 0.2) is 55.0 Å². The zero-order valence-corrected chi connectivity index (χ0v) is 16.1. The average Bonchev–Trinajstić information content (AvgIpc) is 3.19. The van der Waals surface area contributed by atoms with Crippen LogP contribution in [-0.4, -0.2) is 37.5 Å². The minimum Gasteiger partial charge on any atom is -0.495 e. The highest BCUT2D eigenvalue weighted by molar-refractivity contribution is 5.90. The van der Waals surface area contributed by atoms with E-state index in [-0.39, 0.29) is 5.49 Å². The second-order valence-corrected chi connectivity index (χ2v) is 6.62. The van der Waals surface area contributed by atoms with E-state index >= 15 is 8.78 Å². The Morgan fingerprint density at radius 2 is 1.93 bits per heavy atom. The largest absolute Gasteiger partial charge is 0.495 e. The van der Waals surface area contributed by atoms with Gasteiger partial charge in [-0.3, -0.25) is 20.5 Å². The van der Waals surface area contributed by atoms with E-state index in [1.807, 2.05) is 0 Å². The van der Waals surface area contributed by atoms with E-state index in [1.54, 1.807) is 24.0 Å². The van der Waals surface area contributed by atoms with Crippen LogP contribution in [0, 0.1) is 10.8 Å². The summed E-state index contributed by atoms with van der Waals surface area (Å²) in [5, 5.41) is 24.7. The van der Waals surface area contributed by atoms with Crippen molar-refractivity contribution in [3.8, 4) is 17.0 Å². The minimum absolute atomic E-state index is 0.326. The Morgan fingerprint density at radius 3 is 2.63 bits per heavy atom. The van der Waals surface area contributed by atoms with Gasteiger partial charge in [0.1, 0.15) is 11.2 Å². The van der Waals surface area contributed by atoms with Gasteiger partial charge in [0.05, 0.1) is 30.7 Å². The van der Waals surface area contributed by atoms with Crippen LogP contribution in [0.5, 0.6) is 5.75 Å². The van der Waals surface area contributed by atoms with Gasteiger partial charge in [0, 0.05) is 29.8 Å². The van der Waals surface area contributed by atoms with Crippen molar-refractivity contribution >= 4 is 16.7 Å². The van der Waals surface area contributed by atoms with E-state index < -0.39 is 17.3 Å². The lowest BCUT2D eigenvalue weighted by Gasteiger charge is -2.19. The first kappa shape index (κ1) is 19.4. The summed E-state index contributed by atoms with van der Waals surface area (Å²) in [5.74, 6) is -4.39. The van der Waals surface area contributed by atoms with Gasteiger partial charge in [-0.05, 0) is 30.3 Å². The summed E-state index contributed by atoms with van der Waals surface area (Å²) < 4.78 is 37.7. The van der Waals surface area contributed by atoms with Crippen molar-refractivity contribution in [3.63, 3.8) is 0 Å². The molecule has 0 saturated heterocycles. The number of alkyl halides is 2. The SMILES string of the molecule is COc1cnc2ccc(C(F)(F)C(=N)n3nc(-c4cnn(C)c4)ccc3=N)cc2c1. The zero-order chi connectivity index (χ0) is 21.5. The quantitative estimate of drug-likeness (QED) is 0.399. The molecule has 8 nitrogen and oxygen atoms in total. The predicted octanol–water partition coefficient (Wildman–Crippen LogP) is 2.94. The molecule has 0 fully saturated rings. The fraction of sp³-hybridized carbons (Fsp3) is 0.150. The van der Waals surface area contributed by atoms with Gasteiger partial charge in [0.25, 0.3) is 0 Å². The first-order valence-electron chi connectivity index (χ1n) is 8.85. The number of methoxy groups -OCH3 is 1. The molecule has 0 radical (unpaired) electrons. The van der Waals surface area contributed by atoms with Crippen LogP contribution in [-0.2, 0) is 13.0 Å². The Bertz CT molecular complexity index is 1330. The number of ether oxygens (including phenoxy) is 1. The van der Waals surface area contributed by atoms with Crippen LogP contribution in [0.25, 0.3) is 22.2 Å². The van der Waals surface area contributed by atoms with E-state index in [9.17, 15) is 0 Å². The average molecular weight is 409 g/mol. The van der Waals surface area contributed by atoms with Gasteiger partial charge in [-0.15, -0.1) is 0 Å². The maximum atomic E-state index is 15.2. The normalized spacial score (nSPS) is 11.6. The summed E-state index contributed by atoms with van der Waals surface area (Å²) >= 11 is 0. The van der Waals surface area contributed by atoms with Crippen LogP contribution in [0.1, 0.15) is 5.56 Å². The second kappa shape index (κ2) is 7.14. The maximum absolute atomic E-state index is 15.2. The van der Waals surface area contributed by atoms with E-state index in [1.165, 1.54) is 49.8 Å². The summed E-state index contributed by atoms with van der Waals surface area (Å²) in [5.41, 5.74) is 0.692. The third-order valence-corrected chi connectivity index (χ3v) is 4.60. The van der Waals surface area contributed by atoms with Crippen LogP contribution >= 0.6 is 0 Å². The standard InChI is InChI=1S/C20H17F2N7O/c1-28-11-13(9-26-28)17-5-6-18(23)29(27-17)19(24)20(21,22)14-3-4-16-12(7-14)8-15(30-2)10-25-16/h3-11,23-24H,1-2H3. The maximum Gasteiger partial charge on any atom is 0.331 e. The van der Waals surface area contributed by atoms with Crippen LogP contribution in [0.4, 0.5) is 8.78 Å². The summed E-state index contributed by atoms with van der Waals surface area (Å²) in [4.78, 5) is 4.16. The molecule has 1 aromatic carbocycles. The Balaban J connectivity index is 1.76. The van der Waals surface area contributed by atoms with E-state index in [2.05, 4.69) is 15.2 Å². The lowest BCUT2D eigenvalue weighted by atomic mass is 10.0. The molecule has 0 unspecified atom stereocenters. The lowest BCUT2D eigenvalue weighted by molar-refractivity contribution is 0.0697. The van der Waals surface area contributed by atoms with Crippen molar-refractivity contribution in [2.45, 2.75) is 5.92 Å². The molecule has 3 heterocycles. The Hall–Kier alpha value is -3.95. The fourth-order valence-corrected chi connectivity index (χ4v) is 2.99. The number of aryl methyl sites for hydroxylation is 1. The van der Waals surface area contributed by atoms with Gasteiger partial charge in [-0.2, -0.15) is 23.7 Å². The van der Waals surface area contributed by atoms with Gasteiger partial charge in [0.15, 0.2) is 5.84 Å². The van der Waals surface area contributed by atoms with E-state index in [0.717, 1.165) is 0 Å². The van der Waals surface area contributed by atoms with Gasteiger partial charge in [0.2, 0.25) is 0 Å². The van der Waals surface area contributed by atoms with Crippen molar-refractivity contribution in [3.05, 3.63) is 66.0 Å². The summed E-state index contributed by atoms with van der Waals surface area (Å²) in [7, 11) is 3.18. The van der Waals surface area contributed by atoms with Gasteiger partial charge >= 0.3 is 5.92 Å². The summed E-state index contributed by atoms with van der Waals surface area (Å²) in [6.07, 6.45) is 4.70. The van der Waals surface area contributed by atoms with Crippen LogP contribution in [0.3, 0.4) is 0 Å². The monoisotopic (exact) mass is 409 g/mol. The number of pyridine rings is 1. The number of hydrogen-bond acceptors (Lipinski definition) is 6. The lowest BCUT2D eigenvalue weighted by Crippen LogP contribution is -2.39. The fourth-order valence-electron chi connectivity index (χ4n) is 2.99. The highest BCUT2D eigenvalue weighted by Crippen LogP contribution is 2.32. The number of aromatic nitrogens is 5. The van der Waals surface area contributed by atoms with E-state index in [0.29, 0.717) is 32.6 Å². The van der Waals surface area contributed by atoms with Gasteiger partial charge < -0.3 is 4.74 Å². The smallest absolute Gasteiger partial charge is 0.331 e. The molecule has 0 aliphatic heterocycles. The Labute approximate surface area is 169 Å². The molecular weight excluding hydrogens is 392 g/mol. The Morgan fingerprint density at radius 1 is 1.13 bits per heavy atom. The molecule has 0 saturated carbocycles. The van der Waals surface area contributed by atoms with E-state index in [4.69, 9.17) is 15.6 Å². The van der Waals surface area contributed by atoms with Gasteiger partial charge in [-0.1, -0.05) is 6.07 Å². The molecule has 0 aliphatic carbocycles. The topological polar surface area (TPSA) is 105 Å². The summed E-state index contributed by atoms with van der Waals surface area (Å²) in [6, 6.07) is 8.36. The van der Waals surface area contributed by atoms with Gasteiger partial charge in [-0.25, -0.2) is 0 Å². The number of halogens is 2. The van der Waals surface area contributed by atoms with Crippen LogP contribution < -0.4 is 10.2 Å². The minimum atomic E-state index is -3.70. The molecule has 10 heteroatoms.